The molecule has 0 aliphatic rings. The highest BCUT2D eigenvalue weighted by atomic mass is 35.5. The minimum atomic E-state index is -0.385. The summed E-state index contributed by atoms with van der Waals surface area (Å²) in [4.78, 5) is 11.8. The van der Waals surface area contributed by atoms with Gasteiger partial charge in [-0.1, -0.05) is 41.0 Å². The molecule has 0 aliphatic carbocycles. The molecule has 0 radical (unpaired) electrons. The van der Waals surface area contributed by atoms with E-state index in [1.807, 2.05) is 13.0 Å². The molecule has 3 heteroatoms. The van der Waals surface area contributed by atoms with Crippen LogP contribution in [-0.4, -0.2) is 12.6 Å². The van der Waals surface area contributed by atoms with E-state index in [0.717, 1.165) is 12.8 Å². The number of hydrogen-bond donors (Lipinski definition) is 0. The first kappa shape index (κ1) is 16.5. The van der Waals surface area contributed by atoms with Gasteiger partial charge < -0.3 is 4.74 Å². The quantitative estimate of drug-likeness (QED) is 0.533. The third-order valence-electron chi connectivity index (χ3n) is 2.83. The highest BCUT2D eigenvalue weighted by Gasteiger charge is 2.09. The van der Waals surface area contributed by atoms with Crippen LogP contribution in [0.3, 0.4) is 0 Å². The summed E-state index contributed by atoms with van der Waals surface area (Å²) in [5.41, 5.74) is 2.95. The Labute approximate surface area is 126 Å². The van der Waals surface area contributed by atoms with Gasteiger partial charge in [0.05, 0.1) is 10.6 Å². The van der Waals surface area contributed by atoms with Gasteiger partial charge in [-0.15, -0.1) is 0 Å². The van der Waals surface area contributed by atoms with E-state index in [2.05, 4.69) is 19.9 Å². The predicted octanol–water partition coefficient (Wildman–Crippen LogP) is 5.19. The molecule has 1 aromatic carbocycles. The van der Waals surface area contributed by atoms with Crippen LogP contribution < -0.4 is 0 Å². The van der Waals surface area contributed by atoms with Crippen LogP contribution in [0.4, 0.5) is 0 Å². The molecular weight excluding hydrogens is 272 g/mol. The minimum Gasteiger partial charge on any atom is -0.458 e. The van der Waals surface area contributed by atoms with Crippen molar-refractivity contribution in [1.29, 1.82) is 0 Å². The molecule has 0 spiro atoms. The van der Waals surface area contributed by atoms with E-state index >= 15 is 0 Å². The van der Waals surface area contributed by atoms with Gasteiger partial charge in [0.15, 0.2) is 0 Å². The van der Waals surface area contributed by atoms with E-state index in [1.54, 1.807) is 24.3 Å². The lowest BCUT2D eigenvalue weighted by molar-refractivity contribution is 0.0549. The molecule has 108 valence electrons. The number of ether oxygens (including phenoxy) is 1. The number of halogens is 1. The molecule has 20 heavy (non-hydrogen) atoms. The fourth-order valence-electron chi connectivity index (χ4n) is 1.65. The van der Waals surface area contributed by atoms with Gasteiger partial charge in [-0.05, 0) is 51.8 Å². The molecule has 0 amide bonds. The van der Waals surface area contributed by atoms with Gasteiger partial charge in [0.1, 0.15) is 6.61 Å². The molecule has 0 bridgehead atoms. The molecule has 0 saturated heterocycles. The van der Waals surface area contributed by atoms with Gasteiger partial charge in [-0.25, -0.2) is 4.79 Å². The number of esters is 1. The second kappa shape index (κ2) is 8.60. The molecule has 0 aromatic heterocycles. The molecule has 1 rings (SSSR count). The lowest BCUT2D eigenvalue weighted by Crippen LogP contribution is -2.06. The molecule has 0 fully saturated rings. The average Bonchev–Trinajstić information content (AvgIpc) is 2.38. The lowest BCUT2D eigenvalue weighted by atomic mass is 10.1. The number of allylic oxidation sites excluding steroid dienone is 3. The number of benzene rings is 1. The zero-order valence-electron chi connectivity index (χ0n) is 12.3. The maximum absolute atomic E-state index is 11.8. The van der Waals surface area contributed by atoms with Gasteiger partial charge in [0, 0.05) is 0 Å². The van der Waals surface area contributed by atoms with Crippen LogP contribution in [0.5, 0.6) is 0 Å². The molecular formula is C17H21ClO2. The van der Waals surface area contributed by atoms with Gasteiger partial charge >= 0.3 is 5.97 Å². The fraction of sp³-hybridized carbons (Fsp3) is 0.353. The Hall–Kier alpha value is -1.54. The molecule has 1 aromatic rings. The summed E-state index contributed by atoms with van der Waals surface area (Å²) >= 11 is 5.94. The molecule has 0 atom stereocenters. The summed E-state index contributed by atoms with van der Waals surface area (Å²) in [6, 6.07) is 6.89. The van der Waals surface area contributed by atoms with E-state index in [0.29, 0.717) is 10.6 Å². The van der Waals surface area contributed by atoms with Crippen molar-refractivity contribution < 1.29 is 9.53 Å². The third kappa shape index (κ3) is 6.07. The van der Waals surface area contributed by atoms with E-state index in [-0.39, 0.29) is 12.6 Å². The topological polar surface area (TPSA) is 26.3 Å². The number of rotatable bonds is 6. The number of carbonyl (C=O) groups excluding carboxylic acids is 1. The van der Waals surface area contributed by atoms with Crippen molar-refractivity contribution in [3.05, 3.63) is 58.1 Å². The highest BCUT2D eigenvalue weighted by molar-refractivity contribution is 6.33. The zero-order chi connectivity index (χ0) is 15.0. The molecule has 2 nitrogen and oxygen atoms in total. The Kier molecular flexibility index (Phi) is 7.10. The summed E-state index contributed by atoms with van der Waals surface area (Å²) in [6.45, 7) is 6.50. The lowest BCUT2D eigenvalue weighted by Gasteiger charge is -2.04. The molecule has 0 unspecified atom stereocenters. The Balaban J connectivity index is 2.42. The monoisotopic (exact) mass is 292 g/mol. The van der Waals surface area contributed by atoms with Crippen molar-refractivity contribution in [3.63, 3.8) is 0 Å². The summed E-state index contributed by atoms with van der Waals surface area (Å²) in [6.07, 6.45) is 6.14. The van der Waals surface area contributed by atoms with Crippen molar-refractivity contribution >= 4 is 17.6 Å². The largest absolute Gasteiger partial charge is 0.458 e. The molecule has 0 N–H and O–H groups in total. The second-order valence-corrected chi connectivity index (χ2v) is 5.36. The van der Waals surface area contributed by atoms with Crippen molar-refractivity contribution in [2.75, 3.05) is 6.61 Å². The van der Waals surface area contributed by atoms with Crippen LogP contribution in [0.2, 0.25) is 5.02 Å². The van der Waals surface area contributed by atoms with E-state index in [1.165, 1.54) is 11.1 Å². The standard InChI is InChI=1S/C17H21ClO2/c1-13(2)7-6-8-14(3)11-12-20-17(19)15-9-4-5-10-16(15)18/h4-5,7,9-11H,6,8,12H2,1-3H3/b14-11+. The Morgan fingerprint density at radius 2 is 1.90 bits per heavy atom. The van der Waals surface area contributed by atoms with Crippen LogP contribution in [0.25, 0.3) is 0 Å². The smallest absolute Gasteiger partial charge is 0.339 e. The van der Waals surface area contributed by atoms with Crippen LogP contribution in [0.15, 0.2) is 47.6 Å². The first-order valence-corrected chi connectivity index (χ1v) is 7.09. The van der Waals surface area contributed by atoms with Crippen molar-refractivity contribution in [1.82, 2.24) is 0 Å². The maximum atomic E-state index is 11.8. The number of carbonyl (C=O) groups is 1. The van der Waals surface area contributed by atoms with Crippen molar-refractivity contribution in [2.45, 2.75) is 33.6 Å². The zero-order valence-corrected chi connectivity index (χ0v) is 13.0. The van der Waals surface area contributed by atoms with Crippen LogP contribution >= 0.6 is 11.6 Å². The summed E-state index contributed by atoms with van der Waals surface area (Å²) < 4.78 is 5.19. The normalized spacial score (nSPS) is 11.1. The number of hydrogen-bond acceptors (Lipinski definition) is 2. The predicted molar refractivity (Wildman–Crippen MR) is 84.2 cm³/mol. The summed E-state index contributed by atoms with van der Waals surface area (Å²) in [5.74, 6) is -0.385. The van der Waals surface area contributed by atoms with Gasteiger partial charge in [0.2, 0.25) is 0 Å². The fourth-order valence-corrected chi connectivity index (χ4v) is 1.87. The minimum absolute atomic E-state index is 0.282. The molecule has 0 heterocycles. The van der Waals surface area contributed by atoms with E-state index in [9.17, 15) is 4.79 Å². The SMILES string of the molecule is CC(C)=CCC/C(C)=C/COC(=O)c1ccccc1Cl. The highest BCUT2D eigenvalue weighted by Crippen LogP contribution is 2.16. The van der Waals surface area contributed by atoms with Gasteiger partial charge in [0.25, 0.3) is 0 Å². The van der Waals surface area contributed by atoms with Gasteiger partial charge in [-0.2, -0.15) is 0 Å². The van der Waals surface area contributed by atoms with Crippen LogP contribution in [-0.2, 0) is 4.74 Å². The Morgan fingerprint density at radius 1 is 1.20 bits per heavy atom. The summed E-state index contributed by atoms with van der Waals surface area (Å²) in [5, 5.41) is 0.418. The van der Waals surface area contributed by atoms with Crippen molar-refractivity contribution in [3.8, 4) is 0 Å². The van der Waals surface area contributed by atoms with E-state index in [4.69, 9.17) is 16.3 Å². The second-order valence-electron chi connectivity index (χ2n) is 4.95. The van der Waals surface area contributed by atoms with E-state index < -0.39 is 0 Å². The Morgan fingerprint density at radius 3 is 2.55 bits per heavy atom. The van der Waals surface area contributed by atoms with Crippen LogP contribution in [0, 0.1) is 0 Å². The van der Waals surface area contributed by atoms with Crippen molar-refractivity contribution in [2.24, 2.45) is 0 Å². The van der Waals surface area contributed by atoms with Crippen LogP contribution in [0.1, 0.15) is 44.0 Å². The molecule has 0 saturated carbocycles. The molecule has 0 aliphatic heterocycles. The summed E-state index contributed by atoms with van der Waals surface area (Å²) in [7, 11) is 0. The first-order valence-electron chi connectivity index (χ1n) is 6.71. The Bertz CT molecular complexity index is 511. The maximum Gasteiger partial charge on any atom is 0.339 e. The third-order valence-corrected chi connectivity index (χ3v) is 3.16. The first-order chi connectivity index (χ1) is 9.50. The van der Waals surface area contributed by atoms with Gasteiger partial charge in [-0.3, -0.25) is 0 Å². The average molecular weight is 293 g/mol.